The average Bonchev–Trinajstić information content (AvgIpc) is 2.63. The lowest BCUT2D eigenvalue weighted by atomic mass is 9.74. The molecule has 0 heterocycles. The second-order valence-electron chi connectivity index (χ2n) is 6.27. The Bertz CT molecular complexity index is 601. The number of unbranched alkanes of at least 4 members (excludes halogenated alkanes) is 1. The molecule has 1 aromatic rings. The number of amides is 1. The Hall–Kier alpha value is -2.22. The molecule has 1 aromatic carbocycles. The first-order valence-corrected chi connectivity index (χ1v) is 8.69. The van der Waals surface area contributed by atoms with Crippen LogP contribution in [0, 0.1) is 16.7 Å². The van der Waals surface area contributed by atoms with Crippen LogP contribution in [0.15, 0.2) is 18.2 Å². The van der Waals surface area contributed by atoms with Crippen LogP contribution >= 0.6 is 0 Å². The van der Waals surface area contributed by atoms with E-state index in [2.05, 4.69) is 18.3 Å². The first kappa shape index (κ1) is 18.1. The molecule has 24 heavy (non-hydrogen) atoms. The fourth-order valence-corrected chi connectivity index (χ4v) is 2.97. The van der Waals surface area contributed by atoms with Crippen LogP contribution in [0.1, 0.15) is 51.9 Å². The summed E-state index contributed by atoms with van der Waals surface area (Å²) in [4.78, 5) is 12.8. The van der Waals surface area contributed by atoms with Crippen molar-refractivity contribution in [3.05, 3.63) is 18.2 Å². The number of hydrogen-bond acceptors (Lipinski definition) is 4. The topological polar surface area (TPSA) is 71.3 Å². The van der Waals surface area contributed by atoms with Gasteiger partial charge in [0.15, 0.2) is 0 Å². The second kappa shape index (κ2) is 8.58. The first-order chi connectivity index (χ1) is 11.6. The lowest BCUT2D eigenvalue weighted by molar-refractivity contribution is -0.124. The third kappa shape index (κ3) is 4.19. The number of ether oxygens (including phenoxy) is 2. The van der Waals surface area contributed by atoms with Gasteiger partial charge in [-0.25, -0.2) is 0 Å². The van der Waals surface area contributed by atoms with Gasteiger partial charge >= 0.3 is 0 Å². The van der Waals surface area contributed by atoms with Crippen LogP contribution in [0.2, 0.25) is 0 Å². The molecule has 0 unspecified atom stereocenters. The van der Waals surface area contributed by atoms with Crippen molar-refractivity contribution < 1.29 is 14.3 Å². The predicted molar refractivity (Wildman–Crippen MR) is 93.2 cm³/mol. The maximum atomic E-state index is 12.8. The van der Waals surface area contributed by atoms with Gasteiger partial charge in [-0.15, -0.1) is 0 Å². The van der Waals surface area contributed by atoms with Crippen LogP contribution in [0.3, 0.4) is 0 Å². The monoisotopic (exact) mass is 330 g/mol. The summed E-state index contributed by atoms with van der Waals surface area (Å²) in [5.41, 5.74) is -0.363. The van der Waals surface area contributed by atoms with E-state index in [1.165, 1.54) is 0 Å². The molecule has 5 heteroatoms. The van der Waals surface area contributed by atoms with Crippen molar-refractivity contribution in [1.82, 2.24) is 0 Å². The van der Waals surface area contributed by atoms with Crippen molar-refractivity contribution in [2.45, 2.75) is 51.9 Å². The third-order valence-electron chi connectivity index (χ3n) is 4.55. The molecule has 1 N–H and O–H groups in total. The summed E-state index contributed by atoms with van der Waals surface area (Å²) in [6.45, 7) is 2.69. The molecule has 1 saturated carbocycles. The number of nitrogens with one attached hydrogen (secondary N) is 1. The molecule has 2 rings (SSSR count). The van der Waals surface area contributed by atoms with Gasteiger partial charge in [0.05, 0.1) is 25.5 Å². The number of benzene rings is 1. The summed E-state index contributed by atoms with van der Waals surface area (Å²) in [6.07, 6.45) is 6.13. The molecular formula is C19H26N2O3. The zero-order valence-electron chi connectivity index (χ0n) is 14.6. The van der Waals surface area contributed by atoms with Crippen LogP contribution < -0.4 is 14.8 Å². The van der Waals surface area contributed by atoms with Gasteiger partial charge in [-0.1, -0.05) is 32.6 Å². The van der Waals surface area contributed by atoms with Crippen molar-refractivity contribution in [3.8, 4) is 17.6 Å². The molecule has 1 aliphatic rings. The molecule has 1 fully saturated rings. The van der Waals surface area contributed by atoms with Gasteiger partial charge in [-0.2, -0.15) is 5.26 Å². The molecule has 0 radical (unpaired) electrons. The highest BCUT2D eigenvalue weighted by molar-refractivity contribution is 5.98. The van der Waals surface area contributed by atoms with Crippen molar-refractivity contribution in [3.63, 3.8) is 0 Å². The zero-order valence-corrected chi connectivity index (χ0v) is 14.6. The van der Waals surface area contributed by atoms with Gasteiger partial charge in [0, 0.05) is 6.07 Å². The van der Waals surface area contributed by atoms with Crippen LogP contribution in [0.5, 0.6) is 11.5 Å². The maximum absolute atomic E-state index is 12.8. The summed E-state index contributed by atoms with van der Waals surface area (Å²) in [5.74, 6) is 1.02. The molecule has 0 saturated heterocycles. The quantitative estimate of drug-likeness (QED) is 0.757. The molecular weight excluding hydrogens is 304 g/mol. The van der Waals surface area contributed by atoms with Crippen molar-refractivity contribution in [2.75, 3.05) is 19.0 Å². The van der Waals surface area contributed by atoms with Gasteiger partial charge in [0.2, 0.25) is 5.91 Å². The Morgan fingerprint density at radius 3 is 2.71 bits per heavy atom. The van der Waals surface area contributed by atoms with Crippen LogP contribution in [-0.4, -0.2) is 19.6 Å². The van der Waals surface area contributed by atoms with E-state index in [0.29, 0.717) is 36.6 Å². The number of rotatable bonds is 7. The Balaban J connectivity index is 2.19. The molecule has 0 atom stereocenters. The van der Waals surface area contributed by atoms with E-state index in [1.54, 1.807) is 25.3 Å². The van der Waals surface area contributed by atoms with Gasteiger partial charge in [0.25, 0.3) is 0 Å². The minimum Gasteiger partial charge on any atom is -0.497 e. The van der Waals surface area contributed by atoms with Gasteiger partial charge < -0.3 is 14.8 Å². The van der Waals surface area contributed by atoms with Gasteiger partial charge in [-0.05, 0) is 31.4 Å². The van der Waals surface area contributed by atoms with Crippen LogP contribution in [0.4, 0.5) is 5.69 Å². The van der Waals surface area contributed by atoms with E-state index in [0.717, 1.165) is 32.1 Å². The molecule has 5 nitrogen and oxygen atoms in total. The van der Waals surface area contributed by atoms with E-state index in [9.17, 15) is 10.1 Å². The van der Waals surface area contributed by atoms with Crippen molar-refractivity contribution in [1.29, 1.82) is 5.26 Å². The minimum atomic E-state index is -0.929. The summed E-state index contributed by atoms with van der Waals surface area (Å²) >= 11 is 0. The Morgan fingerprint density at radius 1 is 1.33 bits per heavy atom. The molecule has 0 bridgehead atoms. The normalized spacial score (nSPS) is 16.0. The number of nitriles is 1. The van der Waals surface area contributed by atoms with Gasteiger partial charge in [-0.3, -0.25) is 4.79 Å². The average molecular weight is 330 g/mol. The van der Waals surface area contributed by atoms with Crippen molar-refractivity contribution in [2.24, 2.45) is 5.41 Å². The van der Waals surface area contributed by atoms with Gasteiger partial charge in [0.1, 0.15) is 16.9 Å². The highest BCUT2D eigenvalue weighted by Gasteiger charge is 2.40. The zero-order chi connectivity index (χ0) is 17.4. The smallest absolute Gasteiger partial charge is 0.244 e. The largest absolute Gasteiger partial charge is 0.497 e. The number of nitrogens with zero attached hydrogens (tertiary/aromatic N) is 1. The molecule has 130 valence electrons. The number of methoxy groups -OCH3 is 1. The molecule has 0 aromatic heterocycles. The summed E-state index contributed by atoms with van der Waals surface area (Å²) in [6, 6.07) is 7.60. The predicted octanol–water partition coefficient (Wildman–Crippen LogP) is 4.29. The number of anilines is 1. The van der Waals surface area contributed by atoms with E-state index in [4.69, 9.17) is 9.47 Å². The maximum Gasteiger partial charge on any atom is 0.244 e. The number of hydrogen-bond donors (Lipinski definition) is 1. The van der Waals surface area contributed by atoms with Crippen molar-refractivity contribution >= 4 is 11.6 Å². The molecule has 0 aliphatic heterocycles. The summed E-state index contributed by atoms with van der Waals surface area (Å²) in [5, 5.41) is 12.5. The fraction of sp³-hybridized carbons (Fsp3) is 0.579. The molecule has 1 amide bonds. The third-order valence-corrected chi connectivity index (χ3v) is 4.55. The Morgan fingerprint density at radius 2 is 2.08 bits per heavy atom. The number of carbonyl (C=O) groups excluding carboxylic acids is 1. The van der Waals surface area contributed by atoms with E-state index in [-0.39, 0.29) is 5.91 Å². The lowest BCUT2D eigenvalue weighted by Gasteiger charge is -2.29. The summed E-state index contributed by atoms with van der Waals surface area (Å²) in [7, 11) is 1.58. The lowest BCUT2D eigenvalue weighted by Crippen LogP contribution is -2.36. The Kier molecular flexibility index (Phi) is 6.48. The second-order valence-corrected chi connectivity index (χ2v) is 6.27. The highest BCUT2D eigenvalue weighted by Crippen LogP contribution is 2.38. The minimum absolute atomic E-state index is 0.238. The summed E-state index contributed by atoms with van der Waals surface area (Å²) < 4.78 is 11.0. The Labute approximate surface area is 144 Å². The molecule has 0 spiro atoms. The molecule has 1 aliphatic carbocycles. The fourth-order valence-electron chi connectivity index (χ4n) is 2.97. The number of carbonyl (C=O) groups is 1. The van der Waals surface area contributed by atoms with E-state index in [1.807, 2.05) is 0 Å². The van der Waals surface area contributed by atoms with Crippen LogP contribution in [0.25, 0.3) is 0 Å². The van der Waals surface area contributed by atoms with E-state index < -0.39 is 5.41 Å². The SMILES string of the molecule is CCCCOc1ccc(OC)cc1NC(=O)C1(C#N)CCCCC1. The standard InChI is InChI=1S/C19H26N2O3/c1-3-4-12-24-17-9-8-15(23-2)13-16(17)21-18(22)19(14-20)10-6-5-7-11-19/h8-9,13H,3-7,10-12H2,1-2H3,(H,21,22). The first-order valence-electron chi connectivity index (χ1n) is 8.69. The highest BCUT2D eigenvalue weighted by atomic mass is 16.5. The van der Waals surface area contributed by atoms with E-state index >= 15 is 0 Å². The van der Waals surface area contributed by atoms with Crippen LogP contribution in [-0.2, 0) is 4.79 Å².